The Morgan fingerprint density at radius 2 is 1.75 bits per heavy atom. The maximum Gasteiger partial charge on any atom is 0.274 e. The Morgan fingerprint density at radius 1 is 1.05 bits per heavy atom. The number of aromatic nitrogens is 2. The third kappa shape index (κ3) is 4.80. The molecule has 1 unspecified atom stereocenters. The molecule has 2 aromatic heterocycles. The number of hydrogen-bond donors (Lipinski definition) is 2. The summed E-state index contributed by atoms with van der Waals surface area (Å²) in [7, 11) is 0. The molecule has 1 atom stereocenters. The molecule has 4 heterocycles. The molecule has 1 fully saturated rings. The Bertz CT molecular complexity index is 1620. The topological polar surface area (TPSA) is 156 Å². The highest BCUT2D eigenvalue weighted by atomic mass is 16.6. The number of nitrogens with one attached hydrogen (secondary N) is 2. The zero-order valence-corrected chi connectivity index (χ0v) is 22.9. The van der Waals surface area contributed by atoms with Crippen LogP contribution in [0.4, 0.5) is 11.5 Å². The second-order valence-corrected chi connectivity index (χ2v) is 12.1. The van der Waals surface area contributed by atoms with Crippen molar-refractivity contribution in [1.82, 2.24) is 19.6 Å². The quantitative estimate of drug-likeness (QED) is 0.268. The Balaban J connectivity index is 1.59. The first-order valence-electron chi connectivity index (χ1n) is 13.0. The van der Waals surface area contributed by atoms with Gasteiger partial charge < -0.3 is 5.32 Å². The SMILES string of the molecule is CC(C)(C)CC(C)(C)Nc1c(-c2ccc3c(c2)C(=O)N(C2CCC(=O)NC2=O)C3=O)nc2cc([N+](=O)[O-])ccn12. The number of benzene rings is 1. The first-order valence-corrected chi connectivity index (χ1v) is 13.0. The minimum Gasteiger partial charge on any atom is -0.364 e. The van der Waals surface area contributed by atoms with E-state index in [2.05, 4.69) is 45.3 Å². The zero-order valence-electron chi connectivity index (χ0n) is 22.9. The van der Waals surface area contributed by atoms with Crippen LogP contribution in [-0.4, -0.2) is 54.4 Å². The summed E-state index contributed by atoms with van der Waals surface area (Å²) in [5, 5.41) is 17.2. The van der Waals surface area contributed by atoms with Gasteiger partial charge in [0.05, 0.1) is 22.1 Å². The summed E-state index contributed by atoms with van der Waals surface area (Å²) >= 11 is 0. The largest absolute Gasteiger partial charge is 0.364 e. The number of imidazole rings is 1. The van der Waals surface area contributed by atoms with Crippen molar-refractivity contribution >= 4 is 40.8 Å². The summed E-state index contributed by atoms with van der Waals surface area (Å²) < 4.78 is 1.72. The van der Waals surface area contributed by atoms with Crippen LogP contribution in [0, 0.1) is 15.5 Å². The van der Waals surface area contributed by atoms with Crippen LogP contribution >= 0.6 is 0 Å². The van der Waals surface area contributed by atoms with E-state index in [9.17, 15) is 29.3 Å². The van der Waals surface area contributed by atoms with E-state index in [1.165, 1.54) is 18.2 Å². The number of pyridine rings is 1. The van der Waals surface area contributed by atoms with Crippen LogP contribution in [0.25, 0.3) is 16.9 Å². The molecule has 5 rings (SSSR count). The molecule has 12 heteroatoms. The molecule has 12 nitrogen and oxygen atoms in total. The van der Waals surface area contributed by atoms with E-state index >= 15 is 0 Å². The highest BCUT2D eigenvalue weighted by molar-refractivity contribution is 6.23. The van der Waals surface area contributed by atoms with Gasteiger partial charge in [0.2, 0.25) is 11.8 Å². The molecule has 1 saturated heterocycles. The zero-order chi connectivity index (χ0) is 29.1. The summed E-state index contributed by atoms with van der Waals surface area (Å²) in [6.45, 7) is 10.5. The van der Waals surface area contributed by atoms with Crippen LogP contribution < -0.4 is 10.6 Å². The normalized spacial score (nSPS) is 17.8. The number of carbonyl (C=O) groups excluding carboxylic acids is 4. The Morgan fingerprint density at radius 3 is 2.40 bits per heavy atom. The number of nitro groups is 1. The fraction of sp³-hybridized carbons (Fsp3) is 0.393. The predicted molar refractivity (Wildman–Crippen MR) is 146 cm³/mol. The van der Waals surface area contributed by atoms with Gasteiger partial charge in [0, 0.05) is 29.8 Å². The van der Waals surface area contributed by atoms with Crippen molar-refractivity contribution in [3.05, 3.63) is 57.8 Å². The number of anilines is 1. The van der Waals surface area contributed by atoms with Crippen molar-refractivity contribution in [2.75, 3.05) is 5.32 Å². The van der Waals surface area contributed by atoms with Crippen LogP contribution in [0.5, 0.6) is 0 Å². The van der Waals surface area contributed by atoms with Crippen LogP contribution in [0.3, 0.4) is 0 Å². The smallest absolute Gasteiger partial charge is 0.274 e. The van der Waals surface area contributed by atoms with Crippen LogP contribution in [0.2, 0.25) is 0 Å². The van der Waals surface area contributed by atoms with Crippen molar-refractivity contribution < 1.29 is 24.1 Å². The fourth-order valence-electron chi connectivity index (χ4n) is 5.78. The molecule has 0 bridgehead atoms. The first kappa shape index (κ1) is 27.0. The Hall–Kier alpha value is -4.61. The predicted octanol–water partition coefficient (Wildman–Crippen LogP) is 3.94. The molecule has 0 aliphatic carbocycles. The molecule has 0 saturated carbocycles. The minimum atomic E-state index is -1.07. The molecular formula is C28H30N6O6. The number of carbonyl (C=O) groups is 4. The molecule has 2 aliphatic rings. The van der Waals surface area contributed by atoms with Crippen LogP contribution in [0.1, 0.15) is 74.6 Å². The second-order valence-electron chi connectivity index (χ2n) is 12.1. The molecular weight excluding hydrogens is 516 g/mol. The van der Waals surface area contributed by atoms with Gasteiger partial charge in [-0.1, -0.05) is 26.8 Å². The molecule has 4 amide bonds. The lowest BCUT2D eigenvalue weighted by Gasteiger charge is -2.34. The lowest BCUT2D eigenvalue weighted by atomic mass is 9.82. The molecule has 2 aliphatic heterocycles. The Labute approximate surface area is 229 Å². The molecule has 0 spiro atoms. The van der Waals surface area contributed by atoms with Gasteiger partial charge in [-0.05, 0) is 44.2 Å². The maximum absolute atomic E-state index is 13.4. The molecule has 3 aromatic rings. The van der Waals surface area contributed by atoms with Gasteiger partial charge in [0.1, 0.15) is 23.2 Å². The van der Waals surface area contributed by atoms with Gasteiger partial charge in [-0.2, -0.15) is 0 Å². The second kappa shape index (κ2) is 9.25. The van der Waals surface area contributed by atoms with E-state index in [1.54, 1.807) is 22.7 Å². The van der Waals surface area contributed by atoms with Crippen molar-refractivity contribution in [1.29, 1.82) is 0 Å². The maximum atomic E-state index is 13.4. The molecule has 208 valence electrons. The highest BCUT2D eigenvalue weighted by Gasteiger charge is 2.44. The third-order valence-electron chi connectivity index (χ3n) is 6.96. The third-order valence-corrected chi connectivity index (χ3v) is 6.96. The van der Waals surface area contributed by atoms with Crippen LogP contribution in [-0.2, 0) is 9.59 Å². The number of fused-ring (bicyclic) bond motifs is 2. The fourth-order valence-corrected chi connectivity index (χ4v) is 5.78. The lowest BCUT2D eigenvalue weighted by Crippen LogP contribution is -2.54. The average Bonchev–Trinajstić information content (AvgIpc) is 3.31. The molecule has 0 radical (unpaired) electrons. The van der Waals surface area contributed by atoms with E-state index in [-0.39, 0.29) is 35.1 Å². The number of imide groups is 2. The standard InChI is InChI=1S/C28H30N6O6/c1-27(2,3)14-28(4,5)31-23-22(29-20-13-16(34(39)40)10-11-32(20)23)15-6-7-17-18(12-15)26(38)33(25(17)37)19-8-9-21(35)30-24(19)36/h6-7,10-13,19,31H,8-9,14H2,1-5H3,(H,30,35,36). The lowest BCUT2D eigenvalue weighted by molar-refractivity contribution is -0.384. The monoisotopic (exact) mass is 546 g/mol. The van der Waals surface area contributed by atoms with Gasteiger partial charge >= 0.3 is 0 Å². The van der Waals surface area contributed by atoms with E-state index < -0.39 is 40.1 Å². The van der Waals surface area contributed by atoms with Crippen molar-refractivity contribution in [2.45, 2.75) is 65.5 Å². The number of hydrogen-bond acceptors (Lipinski definition) is 8. The van der Waals surface area contributed by atoms with E-state index in [4.69, 9.17) is 4.98 Å². The van der Waals surface area contributed by atoms with Gasteiger partial charge in [-0.25, -0.2) is 4.98 Å². The van der Waals surface area contributed by atoms with E-state index in [0.29, 0.717) is 22.7 Å². The van der Waals surface area contributed by atoms with Crippen molar-refractivity contribution in [3.63, 3.8) is 0 Å². The number of rotatable bonds is 6. The number of amides is 4. The molecule has 40 heavy (non-hydrogen) atoms. The Kier molecular flexibility index (Phi) is 6.24. The summed E-state index contributed by atoms with van der Waals surface area (Å²) in [6, 6.07) is 6.43. The van der Waals surface area contributed by atoms with Crippen molar-refractivity contribution in [2.24, 2.45) is 5.41 Å². The number of piperidine rings is 1. The van der Waals surface area contributed by atoms with Gasteiger partial charge in [-0.15, -0.1) is 0 Å². The van der Waals surface area contributed by atoms with E-state index in [0.717, 1.165) is 11.3 Å². The van der Waals surface area contributed by atoms with Gasteiger partial charge in [-0.3, -0.25) is 43.9 Å². The van der Waals surface area contributed by atoms with Gasteiger partial charge in [0.25, 0.3) is 17.5 Å². The highest BCUT2D eigenvalue weighted by Crippen LogP contribution is 2.37. The molecule has 2 N–H and O–H groups in total. The van der Waals surface area contributed by atoms with E-state index in [1.807, 2.05) is 0 Å². The summed E-state index contributed by atoms with van der Waals surface area (Å²) in [5.41, 5.74) is 1.06. The summed E-state index contributed by atoms with van der Waals surface area (Å²) in [6.07, 6.45) is 2.46. The number of nitrogens with zero attached hydrogens (tertiary/aromatic N) is 4. The summed E-state index contributed by atoms with van der Waals surface area (Å²) in [5.74, 6) is -1.77. The molecule has 1 aromatic carbocycles. The summed E-state index contributed by atoms with van der Waals surface area (Å²) in [4.78, 5) is 67.1. The first-order chi connectivity index (χ1) is 18.6. The van der Waals surface area contributed by atoms with Gasteiger partial charge in [0.15, 0.2) is 0 Å². The minimum absolute atomic E-state index is 0.00419. The van der Waals surface area contributed by atoms with Crippen LogP contribution in [0.15, 0.2) is 36.5 Å². The average molecular weight is 547 g/mol. The van der Waals surface area contributed by atoms with Crippen molar-refractivity contribution in [3.8, 4) is 11.3 Å².